The van der Waals surface area contributed by atoms with E-state index >= 15 is 0 Å². The van der Waals surface area contributed by atoms with Crippen LogP contribution in [0.3, 0.4) is 0 Å². The molecule has 0 aromatic rings. The summed E-state index contributed by atoms with van der Waals surface area (Å²) >= 11 is 0. The standard InChI is InChI=1S/C18H37NO2.C5H11NO2/c1-4-5-6-7-8-9-10-11-12-13-14-15-16-17(18(20)21)19(2)3;1-6(2,3)4-5(7)8/h17H,4-16H2,1-3H3,(H,20,21);4H2,1-3H3. The summed E-state index contributed by atoms with van der Waals surface area (Å²) in [5, 5.41) is 19.0. The number of carboxylic acid groups (broad SMARTS) is 2. The first-order valence-corrected chi connectivity index (χ1v) is 11.4. The minimum Gasteiger partial charge on any atom is -0.544 e. The molecule has 1 atom stereocenters. The van der Waals surface area contributed by atoms with Crippen LogP contribution in [0.4, 0.5) is 0 Å². The largest absolute Gasteiger partial charge is 0.544 e. The number of hydrogen-bond acceptors (Lipinski definition) is 4. The average Bonchev–Trinajstić information content (AvgIpc) is 2.56. The predicted molar refractivity (Wildman–Crippen MR) is 119 cm³/mol. The molecule has 1 unspecified atom stereocenters. The molecular formula is C23H48N2O4. The van der Waals surface area contributed by atoms with E-state index in [2.05, 4.69) is 6.92 Å². The Morgan fingerprint density at radius 3 is 1.45 bits per heavy atom. The lowest BCUT2D eigenvalue weighted by Gasteiger charge is -2.23. The molecule has 0 aliphatic heterocycles. The molecule has 0 saturated heterocycles. The van der Waals surface area contributed by atoms with Gasteiger partial charge >= 0.3 is 5.97 Å². The van der Waals surface area contributed by atoms with Crippen molar-refractivity contribution in [2.24, 2.45) is 0 Å². The second-order valence-electron chi connectivity index (χ2n) is 9.32. The maximum absolute atomic E-state index is 11.0. The first-order valence-electron chi connectivity index (χ1n) is 11.4. The summed E-state index contributed by atoms with van der Waals surface area (Å²) in [5.74, 6) is -1.69. The van der Waals surface area contributed by atoms with Gasteiger partial charge in [-0.05, 0) is 20.5 Å². The number of rotatable bonds is 17. The van der Waals surface area contributed by atoms with Crippen LogP contribution in [0.25, 0.3) is 0 Å². The van der Waals surface area contributed by atoms with E-state index in [1.54, 1.807) is 26.0 Å². The molecule has 1 N–H and O–H groups in total. The van der Waals surface area contributed by atoms with Crippen LogP contribution in [-0.4, -0.2) is 74.3 Å². The Labute approximate surface area is 179 Å². The number of carbonyl (C=O) groups is 2. The maximum atomic E-state index is 11.0. The van der Waals surface area contributed by atoms with E-state index in [9.17, 15) is 14.7 Å². The highest BCUT2D eigenvalue weighted by molar-refractivity contribution is 5.73. The molecule has 0 saturated carbocycles. The van der Waals surface area contributed by atoms with Gasteiger partial charge in [-0.2, -0.15) is 0 Å². The third kappa shape index (κ3) is 24.8. The van der Waals surface area contributed by atoms with Crippen LogP contribution in [0, 0.1) is 0 Å². The van der Waals surface area contributed by atoms with E-state index in [4.69, 9.17) is 5.11 Å². The second kappa shape index (κ2) is 18.9. The van der Waals surface area contributed by atoms with E-state index in [0.717, 1.165) is 12.8 Å². The summed E-state index contributed by atoms with van der Waals surface area (Å²) in [4.78, 5) is 22.7. The molecule has 0 aliphatic rings. The van der Waals surface area contributed by atoms with Gasteiger partial charge in [-0.1, -0.05) is 84.0 Å². The molecule has 6 heteroatoms. The van der Waals surface area contributed by atoms with Gasteiger partial charge in [0.15, 0.2) is 0 Å². The van der Waals surface area contributed by atoms with E-state index in [1.807, 2.05) is 14.1 Å². The molecule has 0 fully saturated rings. The second-order valence-corrected chi connectivity index (χ2v) is 9.32. The normalized spacial score (nSPS) is 12.4. The fraction of sp³-hybridized carbons (Fsp3) is 0.913. The molecular weight excluding hydrogens is 368 g/mol. The van der Waals surface area contributed by atoms with Gasteiger partial charge in [-0.15, -0.1) is 0 Å². The van der Waals surface area contributed by atoms with Crippen molar-refractivity contribution in [3.8, 4) is 0 Å². The van der Waals surface area contributed by atoms with Crippen molar-refractivity contribution in [2.75, 3.05) is 41.8 Å². The van der Waals surface area contributed by atoms with Gasteiger partial charge in [0.25, 0.3) is 0 Å². The highest BCUT2D eigenvalue weighted by Crippen LogP contribution is 2.13. The number of carbonyl (C=O) groups excluding carboxylic acids is 1. The lowest BCUT2D eigenvalue weighted by atomic mass is 10.0. The molecule has 29 heavy (non-hydrogen) atoms. The SMILES string of the molecule is CCCCCCCCCCCCCCC(C(=O)O)N(C)C.C[N+](C)(C)CC(=O)[O-]. The predicted octanol–water partition coefficient (Wildman–Crippen LogP) is 3.53. The first kappa shape index (κ1) is 30.1. The zero-order valence-corrected chi connectivity index (χ0v) is 20.0. The van der Waals surface area contributed by atoms with Gasteiger partial charge in [-0.3, -0.25) is 9.69 Å². The number of likely N-dealkylation sites (N-methyl/N-ethyl adjacent to an activating group) is 2. The third-order valence-corrected chi connectivity index (χ3v) is 4.84. The molecule has 0 heterocycles. The summed E-state index contributed by atoms with van der Waals surface area (Å²) in [5.41, 5.74) is 0. The fourth-order valence-electron chi connectivity index (χ4n) is 3.17. The summed E-state index contributed by atoms with van der Waals surface area (Å²) in [7, 11) is 9.10. The van der Waals surface area contributed by atoms with Crippen LogP contribution >= 0.6 is 0 Å². The van der Waals surface area contributed by atoms with Gasteiger partial charge in [0.2, 0.25) is 0 Å². The molecule has 0 amide bonds. The Kier molecular flexibility index (Phi) is 19.5. The van der Waals surface area contributed by atoms with Crippen molar-refractivity contribution in [1.29, 1.82) is 0 Å². The number of carboxylic acids is 2. The molecule has 0 aromatic carbocycles. The molecule has 0 aliphatic carbocycles. The minimum absolute atomic E-state index is 0.0694. The van der Waals surface area contributed by atoms with Gasteiger partial charge in [0.1, 0.15) is 12.6 Å². The highest BCUT2D eigenvalue weighted by atomic mass is 16.4. The molecule has 0 radical (unpaired) electrons. The monoisotopic (exact) mass is 416 g/mol. The smallest absolute Gasteiger partial charge is 0.320 e. The average molecular weight is 417 g/mol. The Hall–Kier alpha value is -1.14. The molecule has 0 bridgehead atoms. The number of quaternary nitrogens is 1. The molecule has 0 rings (SSSR count). The Morgan fingerprint density at radius 1 is 0.828 bits per heavy atom. The topological polar surface area (TPSA) is 80.7 Å². The lowest BCUT2D eigenvalue weighted by Crippen LogP contribution is -2.45. The van der Waals surface area contributed by atoms with Crippen molar-refractivity contribution in [3.05, 3.63) is 0 Å². The van der Waals surface area contributed by atoms with Crippen LogP contribution in [0.5, 0.6) is 0 Å². The van der Waals surface area contributed by atoms with Crippen molar-refractivity contribution in [1.82, 2.24) is 4.90 Å². The number of hydrogen-bond donors (Lipinski definition) is 1. The van der Waals surface area contributed by atoms with E-state index in [0.29, 0.717) is 4.48 Å². The lowest BCUT2D eigenvalue weighted by molar-refractivity contribution is -0.864. The van der Waals surface area contributed by atoms with Crippen molar-refractivity contribution >= 4 is 11.9 Å². The Bertz CT molecular complexity index is 406. The summed E-state index contributed by atoms with van der Waals surface area (Å²) in [6.07, 6.45) is 16.6. The molecule has 0 spiro atoms. The third-order valence-electron chi connectivity index (χ3n) is 4.84. The number of nitrogens with zero attached hydrogens (tertiary/aromatic N) is 2. The zero-order valence-electron chi connectivity index (χ0n) is 20.0. The van der Waals surface area contributed by atoms with E-state index < -0.39 is 11.9 Å². The van der Waals surface area contributed by atoms with E-state index in [-0.39, 0.29) is 12.6 Å². The zero-order chi connectivity index (χ0) is 22.7. The van der Waals surface area contributed by atoms with Crippen LogP contribution in [-0.2, 0) is 9.59 Å². The summed E-state index contributed by atoms with van der Waals surface area (Å²) in [6, 6.07) is -0.312. The molecule has 0 aromatic heterocycles. The number of unbranched alkanes of at least 4 members (excludes halogenated alkanes) is 11. The highest BCUT2D eigenvalue weighted by Gasteiger charge is 2.18. The van der Waals surface area contributed by atoms with Crippen molar-refractivity contribution in [3.63, 3.8) is 0 Å². The van der Waals surface area contributed by atoms with E-state index in [1.165, 1.54) is 70.6 Å². The first-order chi connectivity index (χ1) is 13.5. The Morgan fingerprint density at radius 2 is 1.21 bits per heavy atom. The summed E-state index contributed by atoms with van der Waals surface area (Å²) < 4.78 is 0.419. The minimum atomic E-state index is -1.00. The van der Waals surface area contributed by atoms with Crippen LogP contribution in [0.2, 0.25) is 0 Å². The van der Waals surface area contributed by atoms with Crippen molar-refractivity contribution < 1.29 is 24.3 Å². The maximum Gasteiger partial charge on any atom is 0.320 e. The van der Waals surface area contributed by atoms with Gasteiger partial charge in [-0.25, -0.2) is 0 Å². The van der Waals surface area contributed by atoms with Crippen LogP contribution < -0.4 is 5.11 Å². The van der Waals surface area contributed by atoms with Crippen LogP contribution in [0.1, 0.15) is 90.4 Å². The van der Waals surface area contributed by atoms with Gasteiger partial charge in [0.05, 0.1) is 27.1 Å². The van der Waals surface area contributed by atoms with Gasteiger partial charge in [0, 0.05) is 0 Å². The molecule has 174 valence electrons. The van der Waals surface area contributed by atoms with Crippen molar-refractivity contribution in [2.45, 2.75) is 96.4 Å². The quantitative estimate of drug-likeness (QED) is 0.290. The summed E-state index contributed by atoms with van der Waals surface area (Å²) in [6.45, 7) is 2.33. The van der Waals surface area contributed by atoms with Crippen LogP contribution in [0.15, 0.2) is 0 Å². The van der Waals surface area contributed by atoms with Gasteiger partial charge < -0.3 is 19.5 Å². The molecule has 6 nitrogen and oxygen atoms in total. The fourth-order valence-corrected chi connectivity index (χ4v) is 3.17. The Balaban J connectivity index is 0. The number of aliphatic carboxylic acids is 2.